The van der Waals surface area contributed by atoms with Gasteiger partial charge in [-0.15, -0.1) is 11.8 Å². The van der Waals surface area contributed by atoms with Gasteiger partial charge in [-0.2, -0.15) is 0 Å². The maximum absolute atomic E-state index is 11.6. The first kappa shape index (κ1) is 14.3. The van der Waals surface area contributed by atoms with Gasteiger partial charge in [0.05, 0.1) is 5.75 Å². The fraction of sp³-hybridized carbons (Fsp3) is 0.533. The van der Waals surface area contributed by atoms with Crippen molar-refractivity contribution in [3.8, 4) is 0 Å². The van der Waals surface area contributed by atoms with Crippen molar-refractivity contribution in [2.24, 2.45) is 5.92 Å². The van der Waals surface area contributed by atoms with Gasteiger partial charge in [-0.3, -0.25) is 4.79 Å². The molecule has 0 atom stereocenters. The van der Waals surface area contributed by atoms with Crippen LogP contribution in [-0.4, -0.2) is 11.5 Å². The van der Waals surface area contributed by atoms with Crippen LogP contribution in [-0.2, 0) is 4.79 Å². The third kappa shape index (κ3) is 6.52. The van der Waals surface area contributed by atoms with Crippen molar-refractivity contribution in [1.29, 1.82) is 0 Å². The zero-order valence-electron chi connectivity index (χ0n) is 11.0. The number of thioether (sulfide) groups is 1. The van der Waals surface area contributed by atoms with Crippen molar-refractivity contribution in [2.75, 3.05) is 5.75 Å². The molecule has 0 bridgehead atoms. The van der Waals surface area contributed by atoms with Gasteiger partial charge in [0, 0.05) is 11.3 Å². The quantitative estimate of drug-likeness (QED) is 0.664. The van der Waals surface area contributed by atoms with Gasteiger partial charge in [-0.1, -0.05) is 38.0 Å². The van der Waals surface area contributed by atoms with Crippen LogP contribution in [0.3, 0.4) is 0 Å². The highest BCUT2D eigenvalue weighted by molar-refractivity contribution is 8.00. The molecular formula is C15H22OS. The number of rotatable bonds is 7. The molecule has 17 heavy (non-hydrogen) atoms. The summed E-state index contributed by atoms with van der Waals surface area (Å²) in [5, 5.41) is 0. The number of ketones is 1. The molecule has 0 fully saturated rings. The third-order valence-corrected chi connectivity index (χ3v) is 3.73. The molecule has 0 aromatic heterocycles. The van der Waals surface area contributed by atoms with Crippen LogP contribution in [0.25, 0.3) is 0 Å². The Kier molecular flexibility index (Phi) is 6.35. The van der Waals surface area contributed by atoms with Gasteiger partial charge >= 0.3 is 0 Å². The standard InChI is InChI=1S/C15H22OS/c1-12(2)5-4-6-14(16)11-17-15-9-7-13(3)8-10-15/h7-10,12H,4-6,11H2,1-3H3. The van der Waals surface area contributed by atoms with Crippen molar-refractivity contribution < 1.29 is 4.79 Å². The van der Waals surface area contributed by atoms with E-state index in [2.05, 4.69) is 45.0 Å². The molecule has 2 heteroatoms. The summed E-state index contributed by atoms with van der Waals surface area (Å²) in [6.07, 6.45) is 2.92. The molecule has 1 rings (SSSR count). The molecule has 0 radical (unpaired) electrons. The van der Waals surface area contributed by atoms with Crippen LogP contribution >= 0.6 is 11.8 Å². The third-order valence-electron chi connectivity index (χ3n) is 2.66. The maximum Gasteiger partial charge on any atom is 0.143 e. The first-order valence-electron chi connectivity index (χ1n) is 6.29. The Balaban J connectivity index is 2.21. The molecule has 0 aliphatic rings. The Morgan fingerprint density at radius 1 is 1.24 bits per heavy atom. The monoisotopic (exact) mass is 250 g/mol. The second kappa shape index (κ2) is 7.54. The predicted octanol–water partition coefficient (Wildman–Crippen LogP) is 4.48. The summed E-state index contributed by atoms with van der Waals surface area (Å²) in [4.78, 5) is 12.8. The summed E-state index contributed by atoms with van der Waals surface area (Å²) in [5.74, 6) is 1.69. The summed E-state index contributed by atoms with van der Waals surface area (Å²) < 4.78 is 0. The van der Waals surface area contributed by atoms with E-state index in [1.54, 1.807) is 11.8 Å². The van der Waals surface area contributed by atoms with E-state index in [1.807, 2.05) is 0 Å². The van der Waals surface area contributed by atoms with Crippen molar-refractivity contribution in [3.05, 3.63) is 29.8 Å². The van der Waals surface area contributed by atoms with E-state index in [9.17, 15) is 4.79 Å². The van der Waals surface area contributed by atoms with Crippen LogP contribution in [0.2, 0.25) is 0 Å². The van der Waals surface area contributed by atoms with Crippen LogP contribution in [0.15, 0.2) is 29.2 Å². The van der Waals surface area contributed by atoms with Crippen LogP contribution in [0, 0.1) is 12.8 Å². The van der Waals surface area contributed by atoms with E-state index >= 15 is 0 Å². The zero-order valence-corrected chi connectivity index (χ0v) is 11.8. The smallest absolute Gasteiger partial charge is 0.143 e. The summed E-state index contributed by atoms with van der Waals surface area (Å²) >= 11 is 1.65. The number of carbonyl (C=O) groups excluding carboxylic acids is 1. The molecule has 0 spiro atoms. The van der Waals surface area contributed by atoms with E-state index in [0.717, 1.165) is 19.3 Å². The molecule has 1 aromatic carbocycles. The SMILES string of the molecule is Cc1ccc(SCC(=O)CCCC(C)C)cc1. The van der Waals surface area contributed by atoms with Crippen LogP contribution < -0.4 is 0 Å². The highest BCUT2D eigenvalue weighted by atomic mass is 32.2. The molecule has 94 valence electrons. The van der Waals surface area contributed by atoms with E-state index in [0.29, 0.717) is 17.5 Å². The lowest BCUT2D eigenvalue weighted by Crippen LogP contribution is -2.02. The lowest BCUT2D eigenvalue weighted by Gasteiger charge is -2.04. The van der Waals surface area contributed by atoms with Crippen molar-refractivity contribution in [1.82, 2.24) is 0 Å². The van der Waals surface area contributed by atoms with Gasteiger partial charge in [-0.25, -0.2) is 0 Å². The van der Waals surface area contributed by atoms with E-state index in [1.165, 1.54) is 10.5 Å². The molecule has 0 N–H and O–H groups in total. The summed E-state index contributed by atoms with van der Waals surface area (Å²) in [7, 11) is 0. The number of hydrogen-bond donors (Lipinski definition) is 0. The molecule has 0 heterocycles. The van der Waals surface area contributed by atoms with Crippen molar-refractivity contribution in [3.63, 3.8) is 0 Å². The Labute approximate surface area is 109 Å². The Morgan fingerprint density at radius 3 is 2.47 bits per heavy atom. The fourth-order valence-corrected chi connectivity index (χ4v) is 2.38. The summed E-state index contributed by atoms with van der Waals surface area (Å²) in [5.41, 5.74) is 1.26. The minimum absolute atomic E-state index is 0.372. The van der Waals surface area contributed by atoms with Gasteiger partial charge in [0.2, 0.25) is 0 Å². The number of Topliss-reactive ketones (excluding diaryl/α,β-unsaturated/α-hetero) is 1. The van der Waals surface area contributed by atoms with Crippen molar-refractivity contribution in [2.45, 2.75) is 44.9 Å². The van der Waals surface area contributed by atoms with Gasteiger partial charge in [0.1, 0.15) is 5.78 Å². The van der Waals surface area contributed by atoms with E-state index < -0.39 is 0 Å². The Bertz CT molecular complexity index is 340. The first-order chi connectivity index (χ1) is 8.08. The largest absolute Gasteiger partial charge is 0.299 e. The zero-order chi connectivity index (χ0) is 12.7. The van der Waals surface area contributed by atoms with E-state index in [4.69, 9.17) is 0 Å². The topological polar surface area (TPSA) is 17.1 Å². The molecule has 0 aliphatic heterocycles. The number of hydrogen-bond acceptors (Lipinski definition) is 2. The van der Waals surface area contributed by atoms with Gasteiger partial charge in [-0.05, 0) is 31.4 Å². The molecule has 0 amide bonds. The van der Waals surface area contributed by atoms with Gasteiger partial charge in [0.25, 0.3) is 0 Å². The second-order valence-electron chi connectivity index (χ2n) is 4.93. The molecule has 0 aliphatic carbocycles. The van der Waals surface area contributed by atoms with Crippen LogP contribution in [0.4, 0.5) is 0 Å². The lowest BCUT2D eigenvalue weighted by molar-refractivity contribution is -0.116. The molecule has 0 saturated heterocycles. The molecule has 0 saturated carbocycles. The molecular weight excluding hydrogens is 228 g/mol. The predicted molar refractivity (Wildman–Crippen MR) is 75.6 cm³/mol. The van der Waals surface area contributed by atoms with Gasteiger partial charge in [0.15, 0.2) is 0 Å². The average Bonchev–Trinajstić information content (AvgIpc) is 2.28. The Morgan fingerprint density at radius 2 is 1.88 bits per heavy atom. The fourth-order valence-electron chi connectivity index (χ4n) is 1.58. The normalized spacial score (nSPS) is 10.8. The van der Waals surface area contributed by atoms with Crippen LogP contribution in [0.5, 0.6) is 0 Å². The maximum atomic E-state index is 11.6. The molecule has 1 aromatic rings. The minimum atomic E-state index is 0.372. The van der Waals surface area contributed by atoms with E-state index in [-0.39, 0.29) is 0 Å². The highest BCUT2D eigenvalue weighted by Gasteiger charge is 2.04. The first-order valence-corrected chi connectivity index (χ1v) is 7.27. The number of benzene rings is 1. The molecule has 0 unspecified atom stereocenters. The average molecular weight is 250 g/mol. The van der Waals surface area contributed by atoms with Gasteiger partial charge < -0.3 is 0 Å². The molecule has 1 nitrogen and oxygen atoms in total. The Hall–Kier alpha value is -0.760. The minimum Gasteiger partial charge on any atom is -0.299 e. The van der Waals surface area contributed by atoms with Crippen LogP contribution in [0.1, 0.15) is 38.7 Å². The summed E-state index contributed by atoms with van der Waals surface area (Å²) in [6.45, 7) is 6.47. The summed E-state index contributed by atoms with van der Waals surface area (Å²) in [6, 6.07) is 8.35. The number of aryl methyl sites for hydroxylation is 1. The second-order valence-corrected chi connectivity index (χ2v) is 5.98. The number of carbonyl (C=O) groups is 1. The highest BCUT2D eigenvalue weighted by Crippen LogP contribution is 2.19. The van der Waals surface area contributed by atoms with Crippen molar-refractivity contribution >= 4 is 17.5 Å². The lowest BCUT2D eigenvalue weighted by atomic mass is 10.1.